The molecule has 0 aliphatic carbocycles. The SMILES string of the molecule is Nc1c(F)ccc(Oc2cccc(I)c2)c1C(=O)O. The zero-order chi connectivity index (χ0) is 14.0. The van der Waals surface area contributed by atoms with Gasteiger partial charge in [-0.3, -0.25) is 0 Å². The maximum absolute atomic E-state index is 13.3. The van der Waals surface area contributed by atoms with Crippen LogP contribution in [0.25, 0.3) is 0 Å². The summed E-state index contributed by atoms with van der Waals surface area (Å²) in [4.78, 5) is 11.1. The summed E-state index contributed by atoms with van der Waals surface area (Å²) in [5, 5.41) is 9.08. The normalized spacial score (nSPS) is 10.2. The zero-order valence-corrected chi connectivity index (χ0v) is 11.7. The molecule has 0 aliphatic rings. The lowest BCUT2D eigenvalue weighted by Gasteiger charge is -2.11. The van der Waals surface area contributed by atoms with E-state index < -0.39 is 17.5 Å². The minimum atomic E-state index is -1.34. The van der Waals surface area contributed by atoms with Crippen molar-refractivity contribution in [2.24, 2.45) is 0 Å². The number of ether oxygens (including phenoxy) is 1. The van der Waals surface area contributed by atoms with E-state index in [0.29, 0.717) is 5.75 Å². The van der Waals surface area contributed by atoms with E-state index in [0.717, 1.165) is 9.64 Å². The standard InChI is InChI=1S/C13H9FINO3/c14-9-4-5-10(11(12(9)16)13(17)18)19-8-3-1-2-7(15)6-8/h1-6H,16H2,(H,17,18). The van der Waals surface area contributed by atoms with E-state index in [1.165, 1.54) is 6.07 Å². The van der Waals surface area contributed by atoms with Crippen LogP contribution in [0.4, 0.5) is 10.1 Å². The molecule has 0 aromatic heterocycles. The number of anilines is 1. The van der Waals surface area contributed by atoms with E-state index in [-0.39, 0.29) is 11.3 Å². The number of carbonyl (C=O) groups is 1. The highest BCUT2D eigenvalue weighted by Gasteiger charge is 2.19. The minimum Gasteiger partial charge on any atom is -0.477 e. The minimum absolute atomic E-state index is 0.00778. The third-order valence-electron chi connectivity index (χ3n) is 2.39. The summed E-state index contributed by atoms with van der Waals surface area (Å²) in [6.45, 7) is 0. The van der Waals surface area contributed by atoms with Crippen molar-refractivity contribution in [3.05, 3.63) is 51.3 Å². The lowest BCUT2D eigenvalue weighted by atomic mass is 10.1. The molecule has 2 rings (SSSR count). The Hall–Kier alpha value is -1.83. The average molecular weight is 373 g/mol. The highest BCUT2D eigenvalue weighted by molar-refractivity contribution is 14.1. The van der Waals surface area contributed by atoms with Crippen LogP contribution >= 0.6 is 22.6 Å². The molecule has 0 heterocycles. The first-order valence-corrected chi connectivity index (χ1v) is 6.31. The first-order chi connectivity index (χ1) is 8.99. The number of carboxylic acid groups (broad SMARTS) is 1. The number of aromatic carboxylic acids is 1. The second-order valence-corrected chi connectivity index (χ2v) is 4.94. The predicted molar refractivity (Wildman–Crippen MR) is 77.0 cm³/mol. The molecule has 98 valence electrons. The van der Waals surface area contributed by atoms with Gasteiger partial charge >= 0.3 is 5.97 Å². The number of hydrogen-bond acceptors (Lipinski definition) is 3. The molecular formula is C13H9FINO3. The quantitative estimate of drug-likeness (QED) is 0.638. The molecule has 0 aliphatic heterocycles. The Morgan fingerprint density at radius 3 is 2.68 bits per heavy atom. The van der Waals surface area contributed by atoms with Gasteiger partial charge in [0.25, 0.3) is 0 Å². The first kappa shape index (κ1) is 13.6. The van der Waals surface area contributed by atoms with E-state index in [4.69, 9.17) is 15.6 Å². The van der Waals surface area contributed by atoms with Crippen LogP contribution in [0.3, 0.4) is 0 Å². The Labute approximate surface area is 122 Å². The summed E-state index contributed by atoms with van der Waals surface area (Å²) in [5.74, 6) is -1.65. The van der Waals surface area contributed by atoms with E-state index in [9.17, 15) is 9.18 Å². The molecule has 2 aromatic carbocycles. The van der Waals surface area contributed by atoms with Gasteiger partial charge in [-0.2, -0.15) is 0 Å². The molecule has 0 saturated heterocycles. The van der Waals surface area contributed by atoms with Crippen molar-refractivity contribution in [1.29, 1.82) is 0 Å². The fourth-order valence-corrected chi connectivity index (χ4v) is 2.05. The third-order valence-corrected chi connectivity index (χ3v) is 3.06. The lowest BCUT2D eigenvalue weighted by molar-refractivity contribution is 0.0695. The zero-order valence-electron chi connectivity index (χ0n) is 9.56. The van der Waals surface area contributed by atoms with Crippen LogP contribution in [-0.2, 0) is 0 Å². The number of rotatable bonds is 3. The van der Waals surface area contributed by atoms with Gasteiger partial charge in [-0.25, -0.2) is 9.18 Å². The van der Waals surface area contributed by atoms with E-state index >= 15 is 0 Å². The van der Waals surface area contributed by atoms with Gasteiger partial charge in [0.15, 0.2) is 0 Å². The van der Waals surface area contributed by atoms with Crippen LogP contribution in [0.5, 0.6) is 11.5 Å². The van der Waals surface area contributed by atoms with Gasteiger partial charge in [0.2, 0.25) is 0 Å². The number of nitrogen functional groups attached to an aromatic ring is 1. The molecule has 19 heavy (non-hydrogen) atoms. The lowest BCUT2D eigenvalue weighted by Crippen LogP contribution is -2.07. The van der Waals surface area contributed by atoms with E-state index in [1.54, 1.807) is 18.2 Å². The Morgan fingerprint density at radius 1 is 1.32 bits per heavy atom. The van der Waals surface area contributed by atoms with E-state index in [1.807, 2.05) is 6.07 Å². The van der Waals surface area contributed by atoms with Crippen LogP contribution in [0, 0.1) is 9.39 Å². The monoisotopic (exact) mass is 373 g/mol. The van der Waals surface area contributed by atoms with Crippen LogP contribution in [0.15, 0.2) is 36.4 Å². The molecule has 0 atom stereocenters. The molecule has 0 spiro atoms. The smallest absolute Gasteiger partial charge is 0.341 e. The summed E-state index contributed by atoms with van der Waals surface area (Å²) in [6.07, 6.45) is 0. The molecule has 4 nitrogen and oxygen atoms in total. The van der Waals surface area contributed by atoms with Crippen molar-refractivity contribution < 1.29 is 19.0 Å². The maximum Gasteiger partial charge on any atom is 0.341 e. The van der Waals surface area contributed by atoms with Crippen molar-refractivity contribution >= 4 is 34.2 Å². The molecule has 0 unspecified atom stereocenters. The Bertz CT molecular complexity index is 646. The third kappa shape index (κ3) is 2.95. The van der Waals surface area contributed by atoms with Gasteiger partial charge in [-0.05, 0) is 52.9 Å². The Balaban J connectivity index is 2.46. The molecule has 0 amide bonds. The van der Waals surface area contributed by atoms with Gasteiger partial charge in [-0.1, -0.05) is 6.07 Å². The molecule has 6 heteroatoms. The Kier molecular flexibility index (Phi) is 3.89. The number of hydrogen-bond donors (Lipinski definition) is 2. The molecule has 2 aromatic rings. The fourth-order valence-electron chi connectivity index (χ4n) is 1.54. The number of nitrogens with two attached hydrogens (primary N) is 1. The summed E-state index contributed by atoms with van der Waals surface area (Å²) in [7, 11) is 0. The summed E-state index contributed by atoms with van der Waals surface area (Å²) >= 11 is 2.10. The molecular weight excluding hydrogens is 364 g/mol. The van der Waals surface area contributed by atoms with Crippen LogP contribution in [0.1, 0.15) is 10.4 Å². The summed E-state index contributed by atoms with van der Waals surface area (Å²) in [5.41, 5.74) is 4.62. The van der Waals surface area contributed by atoms with Crippen LogP contribution < -0.4 is 10.5 Å². The summed E-state index contributed by atoms with van der Waals surface area (Å²) < 4.78 is 19.7. The molecule has 0 bridgehead atoms. The van der Waals surface area contributed by atoms with E-state index in [2.05, 4.69) is 22.6 Å². The van der Waals surface area contributed by atoms with Crippen molar-refractivity contribution in [2.75, 3.05) is 5.73 Å². The van der Waals surface area contributed by atoms with Crippen LogP contribution in [-0.4, -0.2) is 11.1 Å². The number of halogens is 2. The maximum atomic E-state index is 13.3. The highest BCUT2D eigenvalue weighted by atomic mass is 127. The predicted octanol–water partition coefficient (Wildman–Crippen LogP) is 3.50. The molecule has 0 fully saturated rings. The second kappa shape index (κ2) is 5.43. The van der Waals surface area contributed by atoms with Crippen molar-refractivity contribution in [3.63, 3.8) is 0 Å². The molecule has 0 radical (unpaired) electrons. The second-order valence-electron chi connectivity index (χ2n) is 3.70. The average Bonchev–Trinajstić information content (AvgIpc) is 2.33. The molecule has 0 saturated carbocycles. The first-order valence-electron chi connectivity index (χ1n) is 5.23. The van der Waals surface area contributed by atoms with Crippen LogP contribution in [0.2, 0.25) is 0 Å². The summed E-state index contributed by atoms with van der Waals surface area (Å²) in [6, 6.07) is 9.36. The fraction of sp³-hybridized carbons (Fsp3) is 0. The van der Waals surface area contributed by atoms with Crippen molar-refractivity contribution in [2.45, 2.75) is 0 Å². The van der Waals surface area contributed by atoms with Gasteiger partial charge < -0.3 is 15.6 Å². The van der Waals surface area contributed by atoms with Crippen molar-refractivity contribution in [1.82, 2.24) is 0 Å². The van der Waals surface area contributed by atoms with Gasteiger partial charge in [0.05, 0.1) is 5.69 Å². The number of benzene rings is 2. The highest BCUT2D eigenvalue weighted by Crippen LogP contribution is 2.31. The number of carboxylic acids is 1. The largest absolute Gasteiger partial charge is 0.477 e. The van der Waals surface area contributed by atoms with Gasteiger partial charge in [-0.15, -0.1) is 0 Å². The van der Waals surface area contributed by atoms with Crippen molar-refractivity contribution in [3.8, 4) is 11.5 Å². The van der Waals surface area contributed by atoms with Gasteiger partial charge in [0.1, 0.15) is 22.9 Å². The van der Waals surface area contributed by atoms with Gasteiger partial charge in [0, 0.05) is 3.57 Å². The topological polar surface area (TPSA) is 72.5 Å². The Morgan fingerprint density at radius 2 is 2.05 bits per heavy atom. The molecule has 3 N–H and O–H groups in total.